The van der Waals surface area contributed by atoms with Crippen molar-refractivity contribution in [3.8, 4) is 5.75 Å². The lowest BCUT2D eigenvalue weighted by Crippen LogP contribution is -2.36. The van der Waals surface area contributed by atoms with E-state index in [-0.39, 0.29) is 10.6 Å². The van der Waals surface area contributed by atoms with Crippen molar-refractivity contribution in [1.82, 2.24) is 0 Å². The molecule has 0 bridgehead atoms. The maximum atomic E-state index is 13.5. The Labute approximate surface area is 139 Å². The van der Waals surface area contributed by atoms with E-state index in [0.717, 1.165) is 17.5 Å². The van der Waals surface area contributed by atoms with E-state index in [2.05, 4.69) is 4.74 Å². The summed E-state index contributed by atoms with van der Waals surface area (Å²) in [6.07, 6.45) is 0. The molecule has 0 amide bonds. The number of carbonyl (C=O) groups excluding carboxylic acids is 1. The zero-order chi connectivity index (χ0) is 17.7. The number of methoxy groups -OCH3 is 2. The van der Waals surface area contributed by atoms with Crippen LogP contribution in [0.15, 0.2) is 53.4 Å². The van der Waals surface area contributed by atoms with Gasteiger partial charge in [-0.05, 0) is 42.5 Å². The molecule has 0 radical (unpaired) electrons. The normalized spacial score (nSPS) is 11.0. The number of hydrogen-bond donors (Lipinski definition) is 0. The molecule has 0 unspecified atom stereocenters. The molecule has 24 heavy (non-hydrogen) atoms. The standard InChI is InChI=1S/C16H16FNO5S/c1-22-14-6-8-15(9-7-14)24(20,21)18(11-16(19)23-2)13-5-3-4-12(17)10-13/h3-10H,11H2,1-2H3. The lowest BCUT2D eigenvalue weighted by molar-refractivity contribution is -0.138. The average Bonchev–Trinajstić information content (AvgIpc) is 2.59. The van der Waals surface area contributed by atoms with Gasteiger partial charge >= 0.3 is 5.97 Å². The zero-order valence-corrected chi connectivity index (χ0v) is 13.9. The number of carbonyl (C=O) groups is 1. The van der Waals surface area contributed by atoms with E-state index in [9.17, 15) is 17.6 Å². The molecule has 0 heterocycles. The number of benzene rings is 2. The van der Waals surface area contributed by atoms with E-state index in [1.807, 2.05) is 0 Å². The SMILES string of the molecule is COC(=O)CN(c1cccc(F)c1)S(=O)(=O)c1ccc(OC)cc1. The van der Waals surface area contributed by atoms with Crippen LogP contribution in [0.4, 0.5) is 10.1 Å². The topological polar surface area (TPSA) is 72.9 Å². The molecule has 0 fully saturated rings. The highest BCUT2D eigenvalue weighted by Crippen LogP contribution is 2.25. The van der Waals surface area contributed by atoms with Gasteiger partial charge in [-0.15, -0.1) is 0 Å². The van der Waals surface area contributed by atoms with Crippen molar-refractivity contribution in [2.24, 2.45) is 0 Å². The molecule has 2 aromatic carbocycles. The fraction of sp³-hybridized carbons (Fsp3) is 0.188. The van der Waals surface area contributed by atoms with Crippen LogP contribution in [0, 0.1) is 5.82 Å². The molecule has 128 valence electrons. The summed E-state index contributed by atoms with van der Waals surface area (Å²) in [5.41, 5.74) is 0.0243. The molecule has 0 N–H and O–H groups in total. The molecule has 8 heteroatoms. The van der Waals surface area contributed by atoms with Crippen molar-refractivity contribution in [2.45, 2.75) is 4.90 Å². The third kappa shape index (κ3) is 3.83. The minimum atomic E-state index is -4.09. The van der Waals surface area contributed by atoms with E-state index < -0.39 is 28.4 Å². The number of anilines is 1. The number of sulfonamides is 1. The predicted octanol–water partition coefficient (Wildman–Crippen LogP) is 2.20. The van der Waals surface area contributed by atoms with Crippen LogP contribution in [0.5, 0.6) is 5.75 Å². The van der Waals surface area contributed by atoms with Crippen LogP contribution in [0.1, 0.15) is 0 Å². The van der Waals surface area contributed by atoms with Gasteiger partial charge in [-0.1, -0.05) is 6.07 Å². The molecule has 2 rings (SSSR count). The first-order valence-corrected chi connectivity index (χ1v) is 8.31. The summed E-state index contributed by atoms with van der Waals surface area (Å²) in [6.45, 7) is -0.575. The molecule has 0 aliphatic rings. The first kappa shape index (κ1) is 17.7. The Morgan fingerprint density at radius 2 is 1.79 bits per heavy atom. The summed E-state index contributed by atoms with van der Waals surface area (Å²) in [4.78, 5) is 11.6. The lowest BCUT2D eigenvalue weighted by Gasteiger charge is -2.23. The second kappa shape index (κ2) is 7.31. The summed E-state index contributed by atoms with van der Waals surface area (Å²) >= 11 is 0. The van der Waals surface area contributed by atoms with E-state index in [1.54, 1.807) is 0 Å². The molecule has 0 atom stereocenters. The van der Waals surface area contributed by atoms with Gasteiger partial charge in [0.05, 0.1) is 24.8 Å². The van der Waals surface area contributed by atoms with Crippen LogP contribution in [0.2, 0.25) is 0 Å². The van der Waals surface area contributed by atoms with Gasteiger partial charge in [-0.3, -0.25) is 9.10 Å². The smallest absolute Gasteiger partial charge is 0.326 e. The summed E-state index contributed by atoms with van der Waals surface area (Å²) in [6, 6.07) is 10.6. The highest BCUT2D eigenvalue weighted by atomic mass is 32.2. The van der Waals surface area contributed by atoms with Gasteiger partial charge in [0.1, 0.15) is 18.1 Å². The van der Waals surface area contributed by atoms with Gasteiger partial charge in [0.25, 0.3) is 10.0 Å². The number of esters is 1. The Bertz CT molecular complexity index is 821. The van der Waals surface area contributed by atoms with Gasteiger partial charge in [0, 0.05) is 0 Å². The Kier molecular flexibility index (Phi) is 5.40. The first-order chi connectivity index (χ1) is 11.4. The van der Waals surface area contributed by atoms with Gasteiger partial charge in [-0.25, -0.2) is 12.8 Å². The molecular formula is C16H16FNO5S. The second-order valence-corrected chi connectivity index (χ2v) is 6.61. The van der Waals surface area contributed by atoms with E-state index in [1.165, 1.54) is 49.6 Å². The van der Waals surface area contributed by atoms with Crippen molar-refractivity contribution in [1.29, 1.82) is 0 Å². The van der Waals surface area contributed by atoms with Crippen LogP contribution in [-0.2, 0) is 19.6 Å². The highest BCUT2D eigenvalue weighted by molar-refractivity contribution is 7.92. The Morgan fingerprint density at radius 3 is 2.33 bits per heavy atom. The van der Waals surface area contributed by atoms with Crippen LogP contribution in [-0.4, -0.2) is 35.2 Å². The lowest BCUT2D eigenvalue weighted by atomic mass is 10.3. The number of hydrogen-bond acceptors (Lipinski definition) is 5. The third-order valence-electron chi connectivity index (χ3n) is 3.24. The zero-order valence-electron chi connectivity index (χ0n) is 13.1. The number of nitrogens with zero attached hydrogens (tertiary/aromatic N) is 1. The maximum absolute atomic E-state index is 13.5. The highest BCUT2D eigenvalue weighted by Gasteiger charge is 2.27. The quantitative estimate of drug-likeness (QED) is 0.745. The molecule has 0 saturated carbocycles. The van der Waals surface area contributed by atoms with Crippen LogP contribution >= 0.6 is 0 Å². The molecule has 0 aliphatic carbocycles. The number of halogens is 1. The second-order valence-electron chi connectivity index (χ2n) is 4.74. The van der Waals surface area contributed by atoms with Crippen LogP contribution < -0.4 is 9.04 Å². The molecular weight excluding hydrogens is 337 g/mol. The van der Waals surface area contributed by atoms with E-state index in [4.69, 9.17) is 4.74 Å². The van der Waals surface area contributed by atoms with Gasteiger partial charge < -0.3 is 9.47 Å². The first-order valence-electron chi connectivity index (χ1n) is 6.87. The summed E-state index contributed by atoms with van der Waals surface area (Å²) < 4.78 is 49.5. The summed E-state index contributed by atoms with van der Waals surface area (Å²) in [5, 5.41) is 0. The van der Waals surface area contributed by atoms with E-state index >= 15 is 0 Å². The Morgan fingerprint density at radius 1 is 1.12 bits per heavy atom. The number of rotatable bonds is 6. The molecule has 2 aromatic rings. The Hall–Kier alpha value is -2.61. The molecule has 0 aromatic heterocycles. The molecule has 0 spiro atoms. The number of ether oxygens (including phenoxy) is 2. The van der Waals surface area contributed by atoms with Crippen LogP contribution in [0.3, 0.4) is 0 Å². The fourth-order valence-electron chi connectivity index (χ4n) is 2.00. The van der Waals surface area contributed by atoms with Gasteiger partial charge in [-0.2, -0.15) is 0 Å². The third-order valence-corrected chi connectivity index (χ3v) is 5.03. The van der Waals surface area contributed by atoms with Crippen molar-refractivity contribution in [3.63, 3.8) is 0 Å². The average molecular weight is 353 g/mol. The van der Waals surface area contributed by atoms with Gasteiger partial charge in [0.15, 0.2) is 0 Å². The molecule has 0 saturated heterocycles. The monoisotopic (exact) mass is 353 g/mol. The van der Waals surface area contributed by atoms with Crippen molar-refractivity contribution in [3.05, 3.63) is 54.3 Å². The van der Waals surface area contributed by atoms with Crippen molar-refractivity contribution < 1.29 is 27.1 Å². The largest absolute Gasteiger partial charge is 0.497 e. The van der Waals surface area contributed by atoms with Crippen LogP contribution in [0.25, 0.3) is 0 Å². The maximum Gasteiger partial charge on any atom is 0.326 e. The Balaban J connectivity index is 2.49. The summed E-state index contributed by atoms with van der Waals surface area (Å²) in [7, 11) is -1.49. The van der Waals surface area contributed by atoms with E-state index in [0.29, 0.717) is 5.75 Å². The fourth-order valence-corrected chi connectivity index (χ4v) is 3.40. The predicted molar refractivity (Wildman–Crippen MR) is 85.9 cm³/mol. The molecule has 6 nitrogen and oxygen atoms in total. The van der Waals surface area contributed by atoms with Crippen molar-refractivity contribution in [2.75, 3.05) is 25.1 Å². The summed E-state index contributed by atoms with van der Waals surface area (Å²) in [5.74, 6) is -0.900. The van der Waals surface area contributed by atoms with Crippen molar-refractivity contribution >= 4 is 21.7 Å². The van der Waals surface area contributed by atoms with Gasteiger partial charge in [0.2, 0.25) is 0 Å². The minimum Gasteiger partial charge on any atom is -0.497 e. The molecule has 0 aliphatic heterocycles. The minimum absolute atomic E-state index is 0.0243.